The van der Waals surface area contributed by atoms with Gasteiger partial charge in [-0.3, -0.25) is 34.3 Å². The number of carbonyl (C=O) groups excluding carboxylic acids is 2. The van der Waals surface area contributed by atoms with Crippen LogP contribution in [-0.4, -0.2) is 35.0 Å². The molecule has 4 rings (SSSR count). The zero-order chi connectivity index (χ0) is 21.5. The number of nitro groups is 1. The summed E-state index contributed by atoms with van der Waals surface area (Å²) in [5.74, 6) is -1.01. The molecule has 0 spiro atoms. The number of fused-ring (bicyclic) bond motifs is 1. The quantitative estimate of drug-likeness (QED) is 0.350. The van der Waals surface area contributed by atoms with E-state index in [4.69, 9.17) is 0 Å². The molecule has 2 aromatic heterocycles. The summed E-state index contributed by atoms with van der Waals surface area (Å²) in [5, 5.41) is 10.7. The number of nitrogens with one attached hydrogen (secondary N) is 1. The number of hydrogen-bond acceptors (Lipinski definition) is 8. The van der Waals surface area contributed by atoms with Gasteiger partial charge in [0.2, 0.25) is 0 Å². The summed E-state index contributed by atoms with van der Waals surface area (Å²) in [6, 6.07) is 10.9. The molecule has 1 aromatic carbocycles. The molecule has 0 aliphatic carbocycles. The first-order valence-electron chi connectivity index (χ1n) is 8.43. The van der Waals surface area contributed by atoms with Crippen LogP contribution in [-0.2, 0) is 16.6 Å². The first-order chi connectivity index (χ1) is 14.3. The number of anilines is 1. The Hall–Kier alpha value is -3.64. The van der Waals surface area contributed by atoms with Crippen LogP contribution in [0.15, 0.2) is 58.9 Å². The summed E-state index contributed by atoms with van der Waals surface area (Å²) < 4.78 is 27.5. The number of thiophene rings is 1. The van der Waals surface area contributed by atoms with E-state index >= 15 is 0 Å². The zero-order valence-electron chi connectivity index (χ0n) is 15.0. The number of rotatable bonds is 6. The number of nitrogens with zero attached hydrogens (tertiary/aromatic N) is 3. The molecule has 0 saturated heterocycles. The van der Waals surface area contributed by atoms with Gasteiger partial charge >= 0.3 is 0 Å². The van der Waals surface area contributed by atoms with Crippen molar-refractivity contribution in [2.24, 2.45) is 0 Å². The Labute approximate surface area is 174 Å². The summed E-state index contributed by atoms with van der Waals surface area (Å²) in [5.41, 5.74) is 0.298. The van der Waals surface area contributed by atoms with Crippen molar-refractivity contribution in [3.63, 3.8) is 0 Å². The number of benzene rings is 1. The van der Waals surface area contributed by atoms with Gasteiger partial charge in [0, 0.05) is 28.9 Å². The molecule has 0 atom stereocenters. The van der Waals surface area contributed by atoms with E-state index in [1.807, 2.05) is 0 Å². The van der Waals surface area contributed by atoms with Gasteiger partial charge in [-0.1, -0.05) is 0 Å². The predicted octanol–water partition coefficient (Wildman–Crippen LogP) is 2.65. The van der Waals surface area contributed by atoms with Gasteiger partial charge in [0.25, 0.3) is 27.5 Å². The molecule has 10 nitrogen and oxygen atoms in total. The minimum atomic E-state index is -3.94. The molecule has 1 aliphatic heterocycles. The van der Waals surface area contributed by atoms with E-state index in [0.717, 1.165) is 16.2 Å². The highest BCUT2D eigenvalue weighted by atomic mass is 32.2. The fourth-order valence-corrected chi connectivity index (χ4v) is 5.26. The van der Waals surface area contributed by atoms with Crippen LogP contribution in [0, 0.1) is 10.1 Å². The monoisotopic (exact) mass is 444 g/mol. The summed E-state index contributed by atoms with van der Waals surface area (Å²) >= 11 is 0.912. The third-order valence-corrected chi connectivity index (χ3v) is 7.22. The van der Waals surface area contributed by atoms with Crippen LogP contribution in [0.5, 0.6) is 0 Å². The number of amides is 2. The zero-order valence-corrected chi connectivity index (χ0v) is 16.6. The fraction of sp³-hybridized carbons (Fsp3) is 0.0556. The van der Waals surface area contributed by atoms with Crippen LogP contribution in [0.1, 0.15) is 25.7 Å². The lowest BCUT2D eigenvalue weighted by molar-refractivity contribution is -0.384. The molecule has 12 heteroatoms. The van der Waals surface area contributed by atoms with Crippen molar-refractivity contribution >= 4 is 44.5 Å². The fourth-order valence-electron chi connectivity index (χ4n) is 2.86. The Morgan fingerprint density at radius 3 is 2.47 bits per heavy atom. The maximum atomic E-state index is 12.6. The largest absolute Gasteiger partial charge is 0.280 e. The summed E-state index contributed by atoms with van der Waals surface area (Å²) in [6.07, 6.45) is 1.42. The molecule has 0 fully saturated rings. The normalized spacial score (nSPS) is 13.4. The average molecular weight is 444 g/mol. The number of aromatic nitrogens is 1. The van der Waals surface area contributed by atoms with E-state index in [0.29, 0.717) is 4.88 Å². The Kier molecular flexibility index (Phi) is 4.79. The van der Waals surface area contributed by atoms with Gasteiger partial charge < -0.3 is 0 Å². The van der Waals surface area contributed by atoms with E-state index in [1.165, 1.54) is 48.7 Å². The topological polar surface area (TPSA) is 140 Å². The molecule has 1 aliphatic rings. The summed E-state index contributed by atoms with van der Waals surface area (Å²) in [7, 11) is -3.94. The van der Waals surface area contributed by atoms with Crippen LogP contribution in [0.2, 0.25) is 0 Å². The van der Waals surface area contributed by atoms with Gasteiger partial charge in [0.1, 0.15) is 9.90 Å². The Balaban J connectivity index is 1.50. The molecule has 0 unspecified atom stereocenters. The van der Waals surface area contributed by atoms with E-state index in [1.54, 1.807) is 6.07 Å². The molecule has 0 radical (unpaired) electrons. The Morgan fingerprint density at radius 1 is 1.07 bits per heavy atom. The SMILES string of the molecule is O=C1c2cccnc2C(=O)N1Cc1ccc(S(=O)(=O)Nc2ccc([N+](=O)[O-])cc2)s1. The lowest BCUT2D eigenvalue weighted by Gasteiger charge is -2.11. The van der Waals surface area contributed by atoms with Gasteiger partial charge in [-0.2, -0.15) is 0 Å². The van der Waals surface area contributed by atoms with E-state index in [9.17, 15) is 28.1 Å². The molecule has 0 saturated carbocycles. The summed E-state index contributed by atoms with van der Waals surface area (Å²) in [4.78, 5) is 40.4. The van der Waals surface area contributed by atoms with Gasteiger partial charge in [-0.15, -0.1) is 11.3 Å². The Morgan fingerprint density at radius 2 is 1.80 bits per heavy atom. The van der Waals surface area contributed by atoms with Gasteiger partial charge in [-0.25, -0.2) is 8.42 Å². The number of pyridine rings is 1. The first-order valence-corrected chi connectivity index (χ1v) is 10.7. The number of non-ortho nitro benzene ring substituents is 1. The highest BCUT2D eigenvalue weighted by molar-refractivity contribution is 7.94. The van der Waals surface area contributed by atoms with Gasteiger partial charge in [-0.05, 0) is 36.4 Å². The average Bonchev–Trinajstić information content (AvgIpc) is 3.29. The second kappa shape index (κ2) is 7.31. The van der Waals surface area contributed by atoms with Gasteiger partial charge in [0.05, 0.1) is 17.0 Å². The molecular formula is C18H12N4O6S2. The first kappa shape index (κ1) is 19.7. The third-order valence-electron chi connectivity index (χ3n) is 4.28. The maximum absolute atomic E-state index is 12.6. The van der Waals surface area contributed by atoms with Crippen molar-refractivity contribution in [1.29, 1.82) is 0 Å². The van der Waals surface area contributed by atoms with Crippen LogP contribution < -0.4 is 4.72 Å². The number of sulfonamides is 1. The second-order valence-corrected chi connectivity index (χ2v) is 9.30. The third kappa shape index (κ3) is 3.53. The van der Waals surface area contributed by atoms with Crippen molar-refractivity contribution in [3.05, 3.63) is 81.0 Å². The Bertz CT molecular complexity index is 1250. The molecule has 3 heterocycles. The molecule has 1 N–H and O–H groups in total. The highest BCUT2D eigenvalue weighted by Gasteiger charge is 2.36. The predicted molar refractivity (Wildman–Crippen MR) is 107 cm³/mol. The van der Waals surface area contributed by atoms with Crippen molar-refractivity contribution in [2.75, 3.05) is 4.72 Å². The van der Waals surface area contributed by atoms with Crippen molar-refractivity contribution in [3.8, 4) is 0 Å². The van der Waals surface area contributed by atoms with E-state index < -0.39 is 26.8 Å². The molecule has 2 amide bonds. The molecule has 3 aromatic rings. The van der Waals surface area contributed by atoms with Crippen LogP contribution in [0.4, 0.5) is 11.4 Å². The lowest BCUT2D eigenvalue weighted by atomic mass is 10.2. The van der Waals surface area contributed by atoms with Crippen LogP contribution in [0.25, 0.3) is 0 Å². The van der Waals surface area contributed by atoms with Crippen molar-refractivity contribution in [2.45, 2.75) is 10.8 Å². The van der Waals surface area contributed by atoms with E-state index in [2.05, 4.69) is 9.71 Å². The number of carbonyl (C=O) groups is 2. The molecule has 30 heavy (non-hydrogen) atoms. The number of hydrogen-bond donors (Lipinski definition) is 1. The second-order valence-electron chi connectivity index (χ2n) is 6.23. The minimum Gasteiger partial charge on any atom is -0.279 e. The highest BCUT2D eigenvalue weighted by Crippen LogP contribution is 2.28. The number of nitro benzene ring substituents is 1. The van der Waals surface area contributed by atoms with E-state index in [-0.39, 0.29) is 33.4 Å². The number of imide groups is 1. The lowest BCUT2D eigenvalue weighted by Crippen LogP contribution is -2.28. The minimum absolute atomic E-state index is 0.0226. The summed E-state index contributed by atoms with van der Waals surface area (Å²) in [6.45, 7) is -0.0776. The standard InChI is InChI=1S/C18H12N4O6S2/c23-17-14-2-1-9-19-16(14)18(24)21(17)10-13-7-8-15(29-13)30(27,28)20-11-3-5-12(6-4-11)22(25)26/h1-9,20H,10H2. The maximum Gasteiger partial charge on any atom is 0.280 e. The molecule has 0 bridgehead atoms. The molecule has 152 valence electrons. The van der Waals surface area contributed by atoms with Crippen LogP contribution >= 0.6 is 11.3 Å². The smallest absolute Gasteiger partial charge is 0.279 e. The van der Waals surface area contributed by atoms with Crippen LogP contribution in [0.3, 0.4) is 0 Å². The van der Waals surface area contributed by atoms with Gasteiger partial charge in [0.15, 0.2) is 0 Å². The molecular weight excluding hydrogens is 432 g/mol. The van der Waals surface area contributed by atoms with Crippen molar-refractivity contribution in [1.82, 2.24) is 9.88 Å². The van der Waals surface area contributed by atoms with Crippen molar-refractivity contribution < 1.29 is 22.9 Å².